The molecule has 0 spiro atoms. The molecule has 0 aromatic carbocycles. The molecule has 1 N–H and O–H groups in total. The highest BCUT2D eigenvalue weighted by Crippen LogP contribution is 2.44. The fourth-order valence-electron chi connectivity index (χ4n) is 2.25. The monoisotopic (exact) mass is 286 g/mol. The molecule has 0 unspecified atom stereocenters. The minimum Gasteiger partial charge on any atom is -0.477 e. The van der Waals surface area contributed by atoms with Gasteiger partial charge in [-0.15, -0.1) is 16.4 Å². The lowest BCUT2D eigenvalue weighted by Crippen LogP contribution is -2.00. The summed E-state index contributed by atoms with van der Waals surface area (Å²) in [6.07, 6.45) is 3.83. The molecule has 0 atom stereocenters. The lowest BCUT2D eigenvalue weighted by Gasteiger charge is -1.98. The number of carboxylic acids is 1. The third kappa shape index (κ3) is 1.70. The van der Waals surface area contributed by atoms with Gasteiger partial charge < -0.3 is 5.11 Å². The Labute approximate surface area is 117 Å². The van der Waals surface area contributed by atoms with E-state index in [0.29, 0.717) is 16.6 Å². The SMILES string of the molecule is O=C(O)c1cc2c(C3CC3)nn(-c3cccnn3)c2s1. The number of carboxylic acid groups (broad SMARTS) is 1. The second-order valence-corrected chi connectivity index (χ2v) is 5.82. The Hall–Kier alpha value is -2.28. The maximum atomic E-state index is 11.2. The fourth-order valence-corrected chi connectivity index (χ4v) is 3.22. The summed E-state index contributed by atoms with van der Waals surface area (Å²) >= 11 is 1.23. The van der Waals surface area contributed by atoms with Gasteiger partial charge in [0.2, 0.25) is 0 Å². The molecule has 7 heteroatoms. The highest BCUT2D eigenvalue weighted by atomic mass is 32.1. The van der Waals surface area contributed by atoms with E-state index in [2.05, 4.69) is 15.3 Å². The molecular weight excluding hydrogens is 276 g/mol. The zero-order chi connectivity index (χ0) is 13.7. The molecule has 1 fully saturated rings. The first-order chi connectivity index (χ1) is 9.74. The third-order valence-electron chi connectivity index (χ3n) is 3.34. The Kier molecular flexibility index (Phi) is 2.37. The quantitative estimate of drug-likeness (QED) is 0.799. The maximum absolute atomic E-state index is 11.2. The minimum absolute atomic E-state index is 0.331. The van der Waals surface area contributed by atoms with Crippen molar-refractivity contribution >= 4 is 27.5 Å². The lowest BCUT2D eigenvalue weighted by atomic mass is 10.2. The van der Waals surface area contributed by atoms with E-state index in [1.165, 1.54) is 11.3 Å². The van der Waals surface area contributed by atoms with Gasteiger partial charge in [0, 0.05) is 17.5 Å². The van der Waals surface area contributed by atoms with Crippen molar-refractivity contribution in [3.05, 3.63) is 35.0 Å². The van der Waals surface area contributed by atoms with Crippen molar-refractivity contribution < 1.29 is 9.90 Å². The first-order valence-electron chi connectivity index (χ1n) is 6.28. The first kappa shape index (κ1) is 11.5. The van der Waals surface area contributed by atoms with Gasteiger partial charge in [0.15, 0.2) is 5.82 Å². The van der Waals surface area contributed by atoms with Gasteiger partial charge >= 0.3 is 5.97 Å². The Morgan fingerprint density at radius 1 is 1.45 bits per heavy atom. The van der Waals surface area contributed by atoms with Crippen molar-refractivity contribution in [2.45, 2.75) is 18.8 Å². The van der Waals surface area contributed by atoms with Gasteiger partial charge in [-0.3, -0.25) is 0 Å². The largest absolute Gasteiger partial charge is 0.477 e. The number of hydrogen-bond donors (Lipinski definition) is 1. The van der Waals surface area contributed by atoms with Crippen LogP contribution in [0.4, 0.5) is 0 Å². The van der Waals surface area contributed by atoms with Crippen molar-refractivity contribution in [3.8, 4) is 5.82 Å². The van der Waals surface area contributed by atoms with Gasteiger partial charge in [-0.2, -0.15) is 10.2 Å². The van der Waals surface area contributed by atoms with Crippen LogP contribution in [-0.2, 0) is 0 Å². The number of thiophene rings is 1. The van der Waals surface area contributed by atoms with Gasteiger partial charge in [-0.25, -0.2) is 9.48 Å². The summed E-state index contributed by atoms with van der Waals surface area (Å²) in [7, 11) is 0. The summed E-state index contributed by atoms with van der Waals surface area (Å²) in [5, 5.41) is 22.6. The normalized spacial score (nSPS) is 14.8. The molecule has 1 saturated carbocycles. The van der Waals surface area contributed by atoms with Crippen molar-refractivity contribution in [2.24, 2.45) is 0 Å². The van der Waals surface area contributed by atoms with Gasteiger partial charge in [0.25, 0.3) is 0 Å². The maximum Gasteiger partial charge on any atom is 0.345 e. The van der Waals surface area contributed by atoms with Crippen LogP contribution in [0.1, 0.15) is 34.1 Å². The Bertz CT molecular complexity index is 805. The topological polar surface area (TPSA) is 80.9 Å². The van der Waals surface area contributed by atoms with Crippen LogP contribution in [0.3, 0.4) is 0 Å². The molecule has 100 valence electrons. The van der Waals surface area contributed by atoms with Crippen molar-refractivity contribution in [1.82, 2.24) is 20.0 Å². The molecule has 3 aromatic rings. The molecule has 3 aromatic heterocycles. The van der Waals surface area contributed by atoms with E-state index in [0.717, 1.165) is 28.8 Å². The molecule has 4 rings (SSSR count). The smallest absolute Gasteiger partial charge is 0.345 e. The number of aromatic carboxylic acids is 1. The van der Waals surface area contributed by atoms with E-state index in [-0.39, 0.29) is 0 Å². The molecular formula is C13H10N4O2S. The zero-order valence-electron chi connectivity index (χ0n) is 10.4. The Balaban J connectivity index is 1.98. The van der Waals surface area contributed by atoms with E-state index in [9.17, 15) is 4.79 Å². The van der Waals surface area contributed by atoms with E-state index in [4.69, 9.17) is 5.11 Å². The summed E-state index contributed by atoms with van der Waals surface area (Å²) in [6, 6.07) is 5.32. The lowest BCUT2D eigenvalue weighted by molar-refractivity contribution is 0.0702. The van der Waals surface area contributed by atoms with Crippen LogP contribution in [0.25, 0.3) is 16.0 Å². The van der Waals surface area contributed by atoms with Crippen molar-refractivity contribution in [1.29, 1.82) is 0 Å². The van der Waals surface area contributed by atoms with E-state index in [1.54, 1.807) is 23.0 Å². The Morgan fingerprint density at radius 2 is 2.30 bits per heavy atom. The van der Waals surface area contributed by atoms with Gasteiger partial charge in [-0.05, 0) is 31.0 Å². The summed E-state index contributed by atoms with van der Waals surface area (Å²) in [5.41, 5.74) is 0.981. The minimum atomic E-state index is -0.904. The highest BCUT2D eigenvalue weighted by molar-refractivity contribution is 7.20. The summed E-state index contributed by atoms with van der Waals surface area (Å²) in [6.45, 7) is 0. The molecule has 20 heavy (non-hydrogen) atoms. The number of rotatable bonds is 3. The Morgan fingerprint density at radius 3 is 2.95 bits per heavy atom. The second kappa shape index (κ2) is 4.11. The van der Waals surface area contributed by atoms with E-state index in [1.807, 2.05) is 6.07 Å². The first-order valence-corrected chi connectivity index (χ1v) is 7.09. The van der Waals surface area contributed by atoms with Crippen LogP contribution in [0.5, 0.6) is 0 Å². The molecule has 0 radical (unpaired) electrons. The van der Waals surface area contributed by atoms with Crippen molar-refractivity contribution in [2.75, 3.05) is 0 Å². The van der Waals surface area contributed by atoms with E-state index >= 15 is 0 Å². The van der Waals surface area contributed by atoms with Crippen LogP contribution in [0, 0.1) is 0 Å². The average Bonchev–Trinajstić information content (AvgIpc) is 3.09. The zero-order valence-corrected chi connectivity index (χ0v) is 11.2. The van der Waals surface area contributed by atoms with Crippen LogP contribution >= 0.6 is 11.3 Å². The standard InChI is InChI=1S/C13H10N4O2S/c18-13(19)9-6-8-11(7-3-4-7)16-17(12(8)20-9)10-2-1-5-14-15-10/h1-2,5-7H,3-4H2,(H,18,19). The number of aromatic nitrogens is 4. The predicted molar refractivity (Wildman–Crippen MR) is 73.5 cm³/mol. The van der Waals surface area contributed by atoms with Crippen LogP contribution < -0.4 is 0 Å². The summed E-state index contributed by atoms with van der Waals surface area (Å²) in [5.74, 6) is 0.161. The van der Waals surface area contributed by atoms with Crippen LogP contribution in [0.2, 0.25) is 0 Å². The second-order valence-electron chi connectivity index (χ2n) is 4.79. The summed E-state index contributed by atoms with van der Waals surface area (Å²) in [4.78, 5) is 12.3. The number of nitrogens with zero attached hydrogens (tertiary/aromatic N) is 4. The van der Waals surface area contributed by atoms with Gasteiger partial charge in [0.05, 0.1) is 5.69 Å². The molecule has 1 aliphatic rings. The van der Waals surface area contributed by atoms with Crippen LogP contribution in [0.15, 0.2) is 24.4 Å². The third-order valence-corrected chi connectivity index (χ3v) is 4.44. The number of fused-ring (bicyclic) bond motifs is 1. The highest BCUT2D eigenvalue weighted by Gasteiger charge is 2.31. The molecule has 0 saturated heterocycles. The van der Waals surface area contributed by atoms with Crippen molar-refractivity contribution in [3.63, 3.8) is 0 Å². The molecule has 6 nitrogen and oxygen atoms in total. The van der Waals surface area contributed by atoms with E-state index < -0.39 is 5.97 Å². The molecule has 0 amide bonds. The summed E-state index contributed by atoms with van der Waals surface area (Å²) < 4.78 is 1.70. The molecule has 0 aliphatic heterocycles. The fraction of sp³-hybridized carbons (Fsp3) is 0.231. The van der Waals surface area contributed by atoms with Gasteiger partial charge in [0.1, 0.15) is 9.71 Å². The predicted octanol–water partition coefficient (Wildman–Crippen LogP) is 2.45. The molecule has 1 aliphatic carbocycles. The average molecular weight is 286 g/mol. The molecule has 3 heterocycles. The van der Waals surface area contributed by atoms with Crippen LogP contribution in [-0.4, -0.2) is 31.1 Å². The number of carbonyl (C=O) groups is 1. The molecule has 0 bridgehead atoms. The van der Waals surface area contributed by atoms with Gasteiger partial charge in [-0.1, -0.05) is 0 Å². The number of hydrogen-bond acceptors (Lipinski definition) is 5.